The highest BCUT2D eigenvalue weighted by Gasteiger charge is 2.14. The smallest absolute Gasteiger partial charge is 0.247 e. The highest BCUT2D eigenvalue weighted by molar-refractivity contribution is 6.02. The number of hydrogen-bond acceptors (Lipinski definition) is 3. The van der Waals surface area contributed by atoms with Gasteiger partial charge in [0.05, 0.1) is 12.1 Å². The maximum Gasteiger partial charge on any atom is 0.247 e. The summed E-state index contributed by atoms with van der Waals surface area (Å²) in [7, 11) is 0. The molecule has 0 radical (unpaired) electrons. The van der Waals surface area contributed by atoms with Gasteiger partial charge in [-0.15, -0.1) is 0 Å². The first-order valence-electron chi connectivity index (χ1n) is 9.58. The Balaban J connectivity index is 1.69. The predicted octanol–water partition coefficient (Wildman–Crippen LogP) is 5.00. The van der Waals surface area contributed by atoms with E-state index in [0.29, 0.717) is 11.5 Å². The van der Waals surface area contributed by atoms with Gasteiger partial charge in [0.2, 0.25) is 5.91 Å². The second-order valence-electron chi connectivity index (χ2n) is 7.51. The van der Waals surface area contributed by atoms with Crippen molar-refractivity contribution >= 4 is 22.9 Å². The molecule has 144 valence electrons. The molecule has 0 fully saturated rings. The lowest BCUT2D eigenvalue weighted by Gasteiger charge is -2.12. The van der Waals surface area contributed by atoms with Crippen molar-refractivity contribution in [3.63, 3.8) is 0 Å². The van der Waals surface area contributed by atoms with E-state index in [9.17, 15) is 9.90 Å². The van der Waals surface area contributed by atoms with Crippen LogP contribution in [0.3, 0.4) is 0 Å². The van der Waals surface area contributed by atoms with E-state index in [1.54, 1.807) is 6.07 Å². The number of carbonyl (C=O) groups is 1. The van der Waals surface area contributed by atoms with Crippen molar-refractivity contribution in [2.45, 2.75) is 33.1 Å². The summed E-state index contributed by atoms with van der Waals surface area (Å²) in [6, 6.07) is 19.4. The number of phenols is 1. The summed E-state index contributed by atoms with van der Waals surface area (Å²) in [5.74, 6) is 0.232. The molecule has 0 saturated carbocycles. The van der Waals surface area contributed by atoms with Gasteiger partial charge in [-0.05, 0) is 47.2 Å². The summed E-state index contributed by atoms with van der Waals surface area (Å²) in [5.41, 5.74) is 5.40. The molecule has 3 aromatic carbocycles. The second kappa shape index (κ2) is 8.70. The number of amides is 1. The summed E-state index contributed by atoms with van der Waals surface area (Å²) in [6.45, 7) is 6.24. The Bertz CT molecular complexity index is 991. The summed E-state index contributed by atoms with van der Waals surface area (Å²) in [4.78, 5) is 12.5. The van der Waals surface area contributed by atoms with Gasteiger partial charge in [-0.1, -0.05) is 68.4 Å². The van der Waals surface area contributed by atoms with Crippen LogP contribution < -0.4 is 5.43 Å². The van der Waals surface area contributed by atoms with E-state index in [2.05, 4.69) is 36.5 Å². The number of aromatic hydroxyl groups is 1. The molecule has 4 heteroatoms. The molecule has 0 spiro atoms. The van der Waals surface area contributed by atoms with Gasteiger partial charge < -0.3 is 5.11 Å². The molecule has 0 aliphatic heterocycles. The third kappa shape index (κ3) is 4.58. The van der Waals surface area contributed by atoms with Crippen LogP contribution in [-0.4, -0.2) is 17.2 Å². The fourth-order valence-corrected chi connectivity index (χ4v) is 3.24. The van der Waals surface area contributed by atoms with Gasteiger partial charge in [-0.25, -0.2) is 5.43 Å². The molecule has 3 rings (SSSR count). The molecule has 28 heavy (non-hydrogen) atoms. The molecule has 0 saturated heterocycles. The zero-order valence-corrected chi connectivity index (χ0v) is 16.5. The number of carbonyl (C=O) groups excluding carboxylic acids is 1. The monoisotopic (exact) mass is 374 g/mol. The fraction of sp³-hybridized carbons (Fsp3) is 0.250. The van der Waals surface area contributed by atoms with Crippen molar-refractivity contribution in [2.75, 3.05) is 0 Å². The summed E-state index contributed by atoms with van der Waals surface area (Å²) in [5, 5.41) is 16.1. The average molecular weight is 374 g/mol. The molecule has 0 unspecified atom stereocenters. The highest BCUT2D eigenvalue weighted by atomic mass is 16.3. The van der Waals surface area contributed by atoms with Crippen molar-refractivity contribution in [3.8, 4) is 5.75 Å². The minimum absolute atomic E-state index is 0.130. The number of phenolic OH excluding ortho intramolecular Hbond substituents is 1. The van der Waals surface area contributed by atoms with Gasteiger partial charge in [0, 0.05) is 5.56 Å². The fourth-order valence-electron chi connectivity index (χ4n) is 3.24. The number of nitrogens with one attached hydrogen (secondary N) is 1. The van der Waals surface area contributed by atoms with E-state index in [-0.39, 0.29) is 17.6 Å². The Labute approximate surface area is 165 Å². The predicted molar refractivity (Wildman–Crippen MR) is 115 cm³/mol. The molecule has 3 aromatic rings. The molecule has 1 atom stereocenters. The summed E-state index contributed by atoms with van der Waals surface area (Å²) < 4.78 is 0. The van der Waals surface area contributed by atoms with Gasteiger partial charge >= 0.3 is 0 Å². The summed E-state index contributed by atoms with van der Waals surface area (Å²) >= 11 is 0. The van der Waals surface area contributed by atoms with Crippen LogP contribution in [0.5, 0.6) is 5.75 Å². The number of hydrogen-bond donors (Lipinski definition) is 2. The first kappa shape index (κ1) is 19.6. The van der Waals surface area contributed by atoms with Gasteiger partial charge in [0.25, 0.3) is 0 Å². The van der Waals surface area contributed by atoms with Crippen LogP contribution in [0.4, 0.5) is 0 Å². The van der Waals surface area contributed by atoms with Crippen molar-refractivity contribution in [2.24, 2.45) is 11.0 Å². The topological polar surface area (TPSA) is 61.7 Å². The van der Waals surface area contributed by atoms with E-state index < -0.39 is 0 Å². The lowest BCUT2D eigenvalue weighted by Crippen LogP contribution is -2.23. The maximum atomic E-state index is 12.5. The zero-order valence-electron chi connectivity index (χ0n) is 16.5. The largest absolute Gasteiger partial charge is 0.507 e. The van der Waals surface area contributed by atoms with Crippen molar-refractivity contribution in [1.82, 2.24) is 5.43 Å². The van der Waals surface area contributed by atoms with Crippen molar-refractivity contribution < 1.29 is 9.90 Å². The van der Waals surface area contributed by atoms with Crippen LogP contribution in [-0.2, 0) is 11.2 Å². The SMILES string of the molecule is CC(C)Cc1ccc([C@H](C)C(=O)N/N=C\c2c(O)ccc3ccccc23)cc1. The van der Waals surface area contributed by atoms with Crippen molar-refractivity contribution in [3.05, 3.63) is 77.4 Å². The van der Waals surface area contributed by atoms with Crippen molar-refractivity contribution in [1.29, 1.82) is 0 Å². The van der Waals surface area contributed by atoms with Crippen LogP contribution in [0.1, 0.15) is 43.4 Å². The molecule has 0 heterocycles. The molecule has 0 aromatic heterocycles. The summed E-state index contributed by atoms with van der Waals surface area (Å²) in [6.07, 6.45) is 2.52. The number of hydrazone groups is 1. The Hall–Kier alpha value is -3.14. The van der Waals surface area contributed by atoms with Gasteiger partial charge in [-0.3, -0.25) is 4.79 Å². The molecule has 2 N–H and O–H groups in total. The highest BCUT2D eigenvalue weighted by Crippen LogP contribution is 2.25. The van der Waals surface area contributed by atoms with Gasteiger partial charge in [-0.2, -0.15) is 5.10 Å². The Kier molecular flexibility index (Phi) is 6.09. The molecule has 0 aliphatic rings. The Morgan fingerprint density at radius 1 is 1.04 bits per heavy atom. The standard InChI is InChI=1S/C24H26N2O2/c1-16(2)14-18-8-10-19(11-9-18)17(3)24(28)26-25-15-22-21-7-5-4-6-20(21)12-13-23(22)27/h4-13,15-17,27H,14H2,1-3H3,(H,26,28)/b25-15-/t17-/m0/s1. The third-order valence-corrected chi connectivity index (χ3v) is 4.83. The Morgan fingerprint density at radius 3 is 2.46 bits per heavy atom. The Morgan fingerprint density at radius 2 is 1.75 bits per heavy atom. The molecule has 1 amide bonds. The number of benzene rings is 3. The first-order chi connectivity index (χ1) is 13.5. The van der Waals surface area contributed by atoms with Gasteiger partial charge in [0.15, 0.2) is 0 Å². The normalized spacial score (nSPS) is 12.6. The lowest BCUT2D eigenvalue weighted by molar-refractivity contribution is -0.122. The van der Waals surface area contributed by atoms with Crippen LogP contribution in [0, 0.1) is 5.92 Å². The van der Waals surface area contributed by atoms with Crippen LogP contribution in [0.15, 0.2) is 65.8 Å². The quantitative estimate of drug-likeness (QED) is 0.471. The lowest BCUT2D eigenvalue weighted by atomic mass is 9.96. The van der Waals surface area contributed by atoms with E-state index >= 15 is 0 Å². The number of nitrogens with zero attached hydrogens (tertiary/aromatic N) is 1. The number of fused-ring (bicyclic) bond motifs is 1. The molecular formula is C24H26N2O2. The first-order valence-corrected chi connectivity index (χ1v) is 9.58. The van der Waals surface area contributed by atoms with E-state index in [1.165, 1.54) is 11.8 Å². The molecule has 4 nitrogen and oxygen atoms in total. The molecular weight excluding hydrogens is 348 g/mol. The van der Waals surface area contributed by atoms with Crippen LogP contribution >= 0.6 is 0 Å². The van der Waals surface area contributed by atoms with Crippen LogP contribution in [0.2, 0.25) is 0 Å². The number of rotatable bonds is 6. The van der Waals surface area contributed by atoms with E-state index in [1.807, 2.05) is 49.4 Å². The molecule has 0 aliphatic carbocycles. The minimum atomic E-state index is -0.314. The maximum absolute atomic E-state index is 12.5. The van der Waals surface area contributed by atoms with E-state index in [0.717, 1.165) is 22.8 Å². The third-order valence-electron chi connectivity index (χ3n) is 4.83. The average Bonchev–Trinajstić information content (AvgIpc) is 2.69. The molecule has 0 bridgehead atoms. The second-order valence-corrected chi connectivity index (χ2v) is 7.51. The zero-order chi connectivity index (χ0) is 20.1. The van der Waals surface area contributed by atoms with E-state index in [4.69, 9.17) is 0 Å². The van der Waals surface area contributed by atoms with Crippen LogP contribution in [0.25, 0.3) is 10.8 Å². The minimum Gasteiger partial charge on any atom is -0.507 e. The van der Waals surface area contributed by atoms with Gasteiger partial charge in [0.1, 0.15) is 5.75 Å².